The van der Waals surface area contributed by atoms with Gasteiger partial charge in [0.1, 0.15) is 10.9 Å². The quantitative estimate of drug-likeness (QED) is 0.769. The first-order valence-corrected chi connectivity index (χ1v) is 10.4. The number of nitrogens with zero attached hydrogens (tertiary/aromatic N) is 1. The van der Waals surface area contributed by atoms with Crippen molar-refractivity contribution in [1.29, 1.82) is 0 Å². The van der Waals surface area contributed by atoms with Crippen molar-refractivity contribution >= 4 is 23.6 Å². The summed E-state index contributed by atoms with van der Waals surface area (Å²) in [7, 11) is 0. The molecule has 3 aliphatic rings. The van der Waals surface area contributed by atoms with E-state index in [0.717, 1.165) is 24.8 Å². The predicted molar refractivity (Wildman–Crippen MR) is 98.0 cm³/mol. The molecule has 0 spiro atoms. The van der Waals surface area contributed by atoms with Crippen LogP contribution in [0.25, 0.3) is 0 Å². The molecular weight excluding hydrogens is 334 g/mol. The van der Waals surface area contributed by atoms with E-state index in [-0.39, 0.29) is 16.7 Å². The summed E-state index contributed by atoms with van der Waals surface area (Å²) in [6, 6.07) is 9.67. The number of hydrogen-bond acceptors (Lipinski definition) is 4. The summed E-state index contributed by atoms with van der Waals surface area (Å²) in [6.45, 7) is 0.514. The molecule has 1 aliphatic carbocycles. The maximum atomic E-state index is 12.7. The molecule has 1 aromatic carbocycles. The Morgan fingerprint density at radius 2 is 1.96 bits per heavy atom. The van der Waals surface area contributed by atoms with Gasteiger partial charge in [0.2, 0.25) is 5.91 Å². The van der Waals surface area contributed by atoms with Crippen LogP contribution < -0.4 is 0 Å². The zero-order chi connectivity index (χ0) is 17.3. The zero-order valence-electron chi connectivity index (χ0n) is 14.5. The molecular formula is C20H25NO3S. The molecule has 0 unspecified atom stereocenters. The largest absolute Gasteiger partial charge is 0.464 e. The van der Waals surface area contributed by atoms with Gasteiger partial charge in [-0.2, -0.15) is 0 Å². The van der Waals surface area contributed by atoms with Gasteiger partial charge in [0.25, 0.3) is 0 Å². The fourth-order valence-electron chi connectivity index (χ4n) is 4.47. The Hall–Kier alpha value is -1.49. The monoisotopic (exact) mass is 359 g/mol. The Labute approximate surface area is 153 Å². The lowest BCUT2D eigenvalue weighted by molar-refractivity contribution is -0.155. The maximum absolute atomic E-state index is 12.7. The molecule has 4 rings (SSSR count). The van der Waals surface area contributed by atoms with Crippen molar-refractivity contribution in [1.82, 2.24) is 4.90 Å². The highest BCUT2D eigenvalue weighted by atomic mass is 32.2. The van der Waals surface area contributed by atoms with Gasteiger partial charge in [-0.15, -0.1) is 11.8 Å². The molecule has 2 heterocycles. The van der Waals surface area contributed by atoms with Gasteiger partial charge in [-0.1, -0.05) is 49.6 Å². The summed E-state index contributed by atoms with van der Waals surface area (Å²) < 4.78 is 5.66. The number of carbonyl (C=O) groups is 2. The van der Waals surface area contributed by atoms with Crippen LogP contribution in [0.3, 0.4) is 0 Å². The van der Waals surface area contributed by atoms with Crippen LogP contribution in [-0.2, 0) is 19.2 Å². The first kappa shape index (κ1) is 17.0. The van der Waals surface area contributed by atoms with Gasteiger partial charge < -0.3 is 9.64 Å². The van der Waals surface area contributed by atoms with Crippen molar-refractivity contribution in [3.63, 3.8) is 0 Å². The summed E-state index contributed by atoms with van der Waals surface area (Å²) in [4.78, 5) is 26.7. The van der Waals surface area contributed by atoms with Crippen molar-refractivity contribution in [3.05, 3.63) is 35.9 Å². The Kier molecular flexibility index (Phi) is 4.76. The summed E-state index contributed by atoms with van der Waals surface area (Å²) in [5, 5.41) is 0. The van der Waals surface area contributed by atoms with Crippen LogP contribution in [0.2, 0.25) is 0 Å². The summed E-state index contributed by atoms with van der Waals surface area (Å²) in [5.74, 6) is 0.990. The minimum absolute atomic E-state index is 0.0773. The molecule has 25 heavy (non-hydrogen) atoms. The molecule has 134 valence electrons. The predicted octanol–water partition coefficient (Wildman–Crippen LogP) is 3.70. The topological polar surface area (TPSA) is 46.6 Å². The number of amides is 1. The van der Waals surface area contributed by atoms with Gasteiger partial charge in [-0.25, -0.2) is 4.79 Å². The molecule has 4 nitrogen and oxygen atoms in total. The first-order chi connectivity index (χ1) is 12.2. The van der Waals surface area contributed by atoms with Crippen molar-refractivity contribution < 1.29 is 14.3 Å². The highest BCUT2D eigenvalue weighted by Crippen LogP contribution is 2.54. The molecule has 2 atom stereocenters. The number of rotatable bonds is 4. The maximum Gasteiger partial charge on any atom is 0.329 e. The molecule has 5 heteroatoms. The fourth-order valence-corrected chi connectivity index (χ4v) is 6.10. The second kappa shape index (κ2) is 7.02. The Balaban J connectivity index is 1.48. The third kappa shape index (κ3) is 3.07. The van der Waals surface area contributed by atoms with Gasteiger partial charge in [-0.3, -0.25) is 4.79 Å². The second-order valence-corrected chi connectivity index (χ2v) is 8.67. The molecule has 2 saturated heterocycles. The number of esters is 1. The lowest BCUT2D eigenvalue weighted by Gasteiger charge is -2.33. The molecule has 0 radical (unpaired) electrons. The SMILES string of the molecule is O=C(OCC1CCCCC1)[C@@H]1CS[C@@]2(c3ccccc3)CCC(=O)N12. The minimum Gasteiger partial charge on any atom is -0.464 e. The molecule has 3 fully saturated rings. The molecule has 0 bridgehead atoms. The molecule has 1 saturated carbocycles. The van der Waals surface area contributed by atoms with Crippen molar-refractivity contribution in [2.45, 2.75) is 55.9 Å². The van der Waals surface area contributed by atoms with Crippen LogP contribution in [0.1, 0.15) is 50.5 Å². The average Bonchev–Trinajstić information content (AvgIpc) is 3.21. The van der Waals surface area contributed by atoms with E-state index in [1.54, 1.807) is 11.8 Å². The summed E-state index contributed by atoms with van der Waals surface area (Å²) in [5.41, 5.74) is 1.12. The molecule has 0 N–H and O–H groups in total. The highest BCUT2D eigenvalue weighted by Gasteiger charge is 2.57. The zero-order valence-corrected chi connectivity index (χ0v) is 15.3. The van der Waals surface area contributed by atoms with E-state index in [9.17, 15) is 9.59 Å². The van der Waals surface area contributed by atoms with Crippen molar-refractivity contribution in [2.75, 3.05) is 12.4 Å². The third-order valence-electron chi connectivity index (χ3n) is 5.81. The van der Waals surface area contributed by atoms with Crippen LogP contribution in [-0.4, -0.2) is 35.2 Å². The second-order valence-electron chi connectivity index (χ2n) is 7.38. The van der Waals surface area contributed by atoms with E-state index >= 15 is 0 Å². The van der Waals surface area contributed by atoms with Gasteiger partial charge in [0.15, 0.2) is 0 Å². The summed E-state index contributed by atoms with van der Waals surface area (Å²) in [6.07, 6.45) is 7.37. The van der Waals surface area contributed by atoms with Crippen LogP contribution in [0, 0.1) is 5.92 Å². The van der Waals surface area contributed by atoms with E-state index in [1.807, 2.05) is 23.1 Å². The molecule has 1 amide bonds. The third-order valence-corrected chi connectivity index (χ3v) is 7.41. The summed E-state index contributed by atoms with van der Waals surface area (Å²) >= 11 is 1.72. The molecule has 1 aromatic rings. The lowest BCUT2D eigenvalue weighted by atomic mass is 9.90. The standard InChI is InChI=1S/C20H25NO3S/c22-18-11-12-20(16-9-5-2-6-10-16)21(18)17(14-25-20)19(23)24-13-15-7-3-1-4-8-15/h2,5-6,9-10,15,17H,1,3-4,7-8,11-14H2/t17-,20+/m0/s1. The Morgan fingerprint density at radius 3 is 2.72 bits per heavy atom. The van der Waals surface area contributed by atoms with Crippen molar-refractivity contribution in [3.8, 4) is 0 Å². The van der Waals surface area contributed by atoms with Crippen molar-refractivity contribution in [2.24, 2.45) is 5.92 Å². The normalized spacial score (nSPS) is 29.7. The van der Waals surface area contributed by atoms with E-state index in [1.165, 1.54) is 19.3 Å². The average molecular weight is 359 g/mol. The number of benzene rings is 1. The van der Waals surface area contributed by atoms with E-state index in [0.29, 0.717) is 24.7 Å². The van der Waals surface area contributed by atoms with E-state index in [4.69, 9.17) is 4.74 Å². The van der Waals surface area contributed by atoms with E-state index < -0.39 is 6.04 Å². The first-order valence-electron chi connectivity index (χ1n) is 9.39. The molecule has 2 aliphatic heterocycles. The van der Waals surface area contributed by atoms with Gasteiger partial charge in [0.05, 0.1) is 6.61 Å². The number of ether oxygens (including phenoxy) is 1. The Bertz CT molecular complexity index is 644. The van der Waals surface area contributed by atoms with Crippen LogP contribution in [0.4, 0.5) is 0 Å². The van der Waals surface area contributed by atoms with Crippen LogP contribution >= 0.6 is 11.8 Å². The number of fused-ring (bicyclic) bond motifs is 1. The van der Waals surface area contributed by atoms with Gasteiger partial charge in [0, 0.05) is 12.2 Å². The minimum atomic E-state index is -0.441. The van der Waals surface area contributed by atoms with E-state index in [2.05, 4.69) is 12.1 Å². The van der Waals surface area contributed by atoms with Crippen LogP contribution in [0.15, 0.2) is 30.3 Å². The Morgan fingerprint density at radius 1 is 1.20 bits per heavy atom. The number of thioether (sulfide) groups is 1. The smallest absolute Gasteiger partial charge is 0.329 e. The number of hydrogen-bond donors (Lipinski definition) is 0. The van der Waals surface area contributed by atoms with Gasteiger partial charge in [-0.05, 0) is 30.7 Å². The highest BCUT2D eigenvalue weighted by molar-refractivity contribution is 8.00. The van der Waals surface area contributed by atoms with Crippen LogP contribution in [0.5, 0.6) is 0 Å². The fraction of sp³-hybridized carbons (Fsp3) is 0.600. The lowest BCUT2D eigenvalue weighted by Crippen LogP contribution is -2.47. The molecule has 0 aromatic heterocycles. The number of carbonyl (C=O) groups excluding carboxylic acids is 2. The van der Waals surface area contributed by atoms with Gasteiger partial charge >= 0.3 is 5.97 Å².